The highest BCUT2D eigenvalue weighted by atomic mass is 35.5. The second kappa shape index (κ2) is 9.61. The molecule has 0 saturated carbocycles. The number of pyridine rings is 1. The summed E-state index contributed by atoms with van der Waals surface area (Å²) < 4.78 is 0. The number of aromatic nitrogens is 1. The van der Waals surface area contributed by atoms with E-state index in [-0.39, 0.29) is 36.8 Å². The topological polar surface area (TPSA) is 62.5 Å². The van der Waals surface area contributed by atoms with Gasteiger partial charge >= 0.3 is 0 Å². The first-order valence-electron chi connectivity index (χ1n) is 7.95. The van der Waals surface area contributed by atoms with Gasteiger partial charge in [0.05, 0.1) is 5.56 Å². The van der Waals surface area contributed by atoms with E-state index in [9.17, 15) is 4.79 Å². The molecule has 0 spiro atoms. The largest absolute Gasteiger partial charge is 0.338 e. The zero-order valence-electron chi connectivity index (χ0n) is 14.2. The maximum Gasteiger partial charge on any atom is 0.255 e. The molecule has 2 heterocycles. The molecule has 5 nitrogen and oxygen atoms in total. The summed E-state index contributed by atoms with van der Waals surface area (Å²) in [4.78, 5) is 20.8. The number of hydrogen-bond acceptors (Lipinski definition) is 4. The van der Waals surface area contributed by atoms with Crippen molar-refractivity contribution in [1.82, 2.24) is 9.88 Å². The molecule has 1 amide bonds. The summed E-state index contributed by atoms with van der Waals surface area (Å²) in [6, 6.07) is 14.0. The smallest absolute Gasteiger partial charge is 0.255 e. The quantitative estimate of drug-likeness (QED) is 0.884. The molecule has 1 aromatic carbocycles. The van der Waals surface area contributed by atoms with E-state index in [4.69, 9.17) is 5.73 Å². The minimum atomic E-state index is 0. The van der Waals surface area contributed by atoms with Crippen LogP contribution in [0.5, 0.6) is 0 Å². The molecule has 0 radical (unpaired) electrons. The van der Waals surface area contributed by atoms with Gasteiger partial charge in [0.1, 0.15) is 5.82 Å². The van der Waals surface area contributed by atoms with Crippen LogP contribution < -0.4 is 10.6 Å². The molecule has 2 aromatic rings. The van der Waals surface area contributed by atoms with Crippen molar-refractivity contribution < 1.29 is 4.79 Å². The Hall–Kier alpha value is -1.82. The second-order valence-corrected chi connectivity index (χ2v) is 5.93. The van der Waals surface area contributed by atoms with Crippen LogP contribution in [0.15, 0.2) is 48.7 Å². The number of nitrogens with two attached hydrogens (primary N) is 1. The van der Waals surface area contributed by atoms with E-state index in [0.717, 1.165) is 37.4 Å². The Morgan fingerprint density at radius 1 is 1.12 bits per heavy atom. The molecule has 1 saturated heterocycles. The van der Waals surface area contributed by atoms with E-state index in [0.29, 0.717) is 5.56 Å². The van der Waals surface area contributed by atoms with Gasteiger partial charge in [0.2, 0.25) is 0 Å². The van der Waals surface area contributed by atoms with Crippen molar-refractivity contribution in [3.05, 3.63) is 54.2 Å². The average molecular weight is 383 g/mol. The molecule has 1 aliphatic heterocycles. The maximum absolute atomic E-state index is 12.5. The van der Waals surface area contributed by atoms with Crippen LogP contribution in [0.1, 0.15) is 23.2 Å². The fourth-order valence-electron chi connectivity index (χ4n) is 2.78. The van der Waals surface area contributed by atoms with E-state index < -0.39 is 0 Å². The van der Waals surface area contributed by atoms with Gasteiger partial charge in [0.25, 0.3) is 5.91 Å². The number of anilines is 2. The number of benzene rings is 1. The predicted molar refractivity (Wildman–Crippen MR) is 106 cm³/mol. The number of rotatable bonds is 3. The number of carbonyl (C=O) groups excluding carboxylic acids is 1. The van der Waals surface area contributed by atoms with E-state index >= 15 is 0 Å². The zero-order valence-corrected chi connectivity index (χ0v) is 15.8. The average Bonchev–Trinajstić information content (AvgIpc) is 2.62. The first-order chi connectivity index (χ1) is 11.1. The van der Waals surface area contributed by atoms with Gasteiger partial charge in [-0.2, -0.15) is 0 Å². The second-order valence-electron chi connectivity index (χ2n) is 5.93. The Bertz CT molecular complexity index is 659. The molecular formula is C18H24Cl2N4O. The molecule has 3 rings (SSSR count). The van der Waals surface area contributed by atoms with Crippen molar-refractivity contribution in [2.24, 2.45) is 5.73 Å². The molecule has 136 valence electrons. The number of para-hydroxylation sites is 1. The Labute approximate surface area is 161 Å². The molecule has 1 fully saturated rings. The minimum Gasteiger partial charge on any atom is -0.338 e. The number of halogens is 2. The van der Waals surface area contributed by atoms with E-state index in [1.165, 1.54) is 0 Å². The highest BCUT2D eigenvalue weighted by Gasteiger charge is 2.21. The van der Waals surface area contributed by atoms with Crippen LogP contribution in [0.3, 0.4) is 0 Å². The van der Waals surface area contributed by atoms with Crippen molar-refractivity contribution in [2.45, 2.75) is 18.9 Å². The van der Waals surface area contributed by atoms with Crippen LogP contribution in [0.25, 0.3) is 0 Å². The highest BCUT2D eigenvalue weighted by molar-refractivity contribution is 5.94. The number of hydrogen-bond donors (Lipinski definition) is 1. The third-order valence-electron chi connectivity index (χ3n) is 4.31. The van der Waals surface area contributed by atoms with Crippen LogP contribution >= 0.6 is 24.8 Å². The highest BCUT2D eigenvalue weighted by Crippen LogP contribution is 2.21. The van der Waals surface area contributed by atoms with Crippen molar-refractivity contribution >= 4 is 42.2 Å². The lowest BCUT2D eigenvalue weighted by molar-refractivity contribution is 0.0714. The normalized spacial score (nSPS) is 14.2. The fraction of sp³-hybridized carbons (Fsp3) is 0.333. The third kappa shape index (κ3) is 5.08. The van der Waals surface area contributed by atoms with Crippen LogP contribution in [-0.2, 0) is 0 Å². The third-order valence-corrected chi connectivity index (χ3v) is 4.31. The van der Waals surface area contributed by atoms with Gasteiger partial charge in [-0.15, -0.1) is 24.8 Å². The SMILES string of the molecule is CN(c1ccccc1)c1ccc(C(=O)N2CCC(N)CC2)cn1.Cl.Cl. The van der Waals surface area contributed by atoms with Gasteiger partial charge in [0.15, 0.2) is 0 Å². The first-order valence-corrected chi connectivity index (χ1v) is 7.95. The first kappa shape index (κ1) is 21.2. The van der Waals surface area contributed by atoms with Gasteiger partial charge in [-0.25, -0.2) is 4.98 Å². The molecule has 1 aliphatic rings. The monoisotopic (exact) mass is 382 g/mol. The van der Waals surface area contributed by atoms with Gasteiger partial charge < -0.3 is 15.5 Å². The zero-order chi connectivity index (χ0) is 16.2. The van der Waals surface area contributed by atoms with Crippen LogP contribution in [0.4, 0.5) is 11.5 Å². The lowest BCUT2D eigenvalue weighted by Crippen LogP contribution is -2.42. The number of amides is 1. The van der Waals surface area contributed by atoms with Crippen LogP contribution in [0.2, 0.25) is 0 Å². The lowest BCUT2D eigenvalue weighted by atomic mass is 10.1. The van der Waals surface area contributed by atoms with Crippen LogP contribution in [0, 0.1) is 0 Å². The summed E-state index contributed by atoms with van der Waals surface area (Å²) in [7, 11) is 1.96. The van der Waals surface area contributed by atoms with Crippen molar-refractivity contribution in [1.29, 1.82) is 0 Å². The maximum atomic E-state index is 12.5. The summed E-state index contributed by atoms with van der Waals surface area (Å²) in [6.07, 6.45) is 3.40. The van der Waals surface area contributed by atoms with Crippen molar-refractivity contribution in [2.75, 3.05) is 25.0 Å². The Balaban J connectivity index is 0.00000156. The number of carbonyl (C=O) groups is 1. The van der Waals surface area contributed by atoms with Gasteiger partial charge in [0, 0.05) is 38.1 Å². The van der Waals surface area contributed by atoms with Crippen LogP contribution in [-0.4, -0.2) is 42.0 Å². The standard InChI is InChI=1S/C18H22N4O.2ClH/c1-21(16-5-3-2-4-6-16)17-8-7-14(13-20-17)18(23)22-11-9-15(19)10-12-22;;/h2-8,13,15H,9-12,19H2,1H3;2*1H. The molecule has 0 unspecified atom stereocenters. The van der Waals surface area contributed by atoms with Gasteiger partial charge in [-0.05, 0) is 37.1 Å². The number of nitrogens with zero attached hydrogens (tertiary/aromatic N) is 3. The summed E-state index contributed by atoms with van der Waals surface area (Å²) >= 11 is 0. The summed E-state index contributed by atoms with van der Waals surface area (Å²) in [5.41, 5.74) is 7.58. The van der Waals surface area contributed by atoms with E-state index in [1.54, 1.807) is 6.20 Å². The van der Waals surface area contributed by atoms with Gasteiger partial charge in [-0.3, -0.25) is 4.79 Å². The molecular weight excluding hydrogens is 359 g/mol. The Morgan fingerprint density at radius 3 is 2.32 bits per heavy atom. The predicted octanol–water partition coefficient (Wildman–Crippen LogP) is 3.26. The number of likely N-dealkylation sites (tertiary alicyclic amines) is 1. The molecule has 0 atom stereocenters. The molecule has 0 aliphatic carbocycles. The number of piperidine rings is 1. The summed E-state index contributed by atoms with van der Waals surface area (Å²) in [6.45, 7) is 1.46. The van der Waals surface area contributed by atoms with Crippen molar-refractivity contribution in [3.63, 3.8) is 0 Å². The Morgan fingerprint density at radius 2 is 1.76 bits per heavy atom. The van der Waals surface area contributed by atoms with Crippen molar-refractivity contribution in [3.8, 4) is 0 Å². The fourth-order valence-corrected chi connectivity index (χ4v) is 2.78. The molecule has 25 heavy (non-hydrogen) atoms. The molecule has 2 N–H and O–H groups in total. The van der Waals surface area contributed by atoms with E-state index in [2.05, 4.69) is 4.98 Å². The summed E-state index contributed by atoms with van der Waals surface area (Å²) in [5.74, 6) is 0.853. The molecule has 0 bridgehead atoms. The van der Waals surface area contributed by atoms with Gasteiger partial charge in [-0.1, -0.05) is 18.2 Å². The molecule has 7 heteroatoms. The minimum absolute atomic E-state index is 0. The molecule has 1 aromatic heterocycles. The van der Waals surface area contributed by atoms with E-state index in [1.807, 2.05) is 59.3 Å². The lowest BCUT2D eigenvalue weighted by Gasteiger charge is -2.30. The summed E-state index contributed by atoms with van der Waals surface area (Å²) in [5, 5.41) is 0. The Kier molecular flexibility index (Phi) is 8.16.